The van der Waals surface area contributed by atoms with Crippen molar-refractivity contribution < 1.29 is 9.84 Å². The van der Waals surface area contributed by atoms with Gasteiger partial charge in [-0.05, 0) is 12.8 Å². The van der Waals surface area contributed by atoms with Crippen LogP contribution in [0.25, 0.3) is 0 Å². The van der Waals surface area contributed by atoms with Gasteiger partial charge in [0.2, 0.25) is 0 Å². The summed E-state index contributed by atoms with van der Waals surface area (Å²) in [5.74, 6) is 0. The van der Waals surface area contributed by atoms with Crippen LogP contribution in [0.3, 0.4) is 0 Å². The highest BCUT2D eigenvalue weighted by molar-refractivity contribution is 5.85. The molecule has 1 aliphatic heterocycles. The van der Waals surface area contributed by atoms with Gasteiger partial charge in [-0.25, -0.2) is 0 Å². The summed E-state index contributed by atoms with van der Waals surface area (Å²) in [6, 6.07) is 0.468. The molecule has 3 nitrogen and oxygen atoms in total. The Bertz CT molecular complexity index is 102. The van der Waals surface area contributed by atoms with Crippen LogP contribution in [-0.2, 0) is 4.74 Å². The average Bonchev–Trinajstić information content (AvgIpc) is 2.37. The van der Waals surface area contributed by atoms with E-state index >= 15 is 0 Å². The van der Waals surface area contributed by atoms with Crippen LogP contribution in [0, 0.1) is 0 Å². The van der Waals surface area contributed by atoms with Crippen molar-refractivity contribution in [3.05, 3.63) is 0 Å². The van der Waals surface area contributed by atoms with Crippen molar-refractivity contribution in [1.29, 1.82) is 0 Å². The zero-order valence-corrected chi connectivity index (χ0v) is 7.56. The average molecular weight is 182 g/mol. The summed E-state index contributed by atoms with van der Waals surface area (Å²) >= 11 is 0. The van der Waals surface area contributed by atoms with Gasteiger partial charge in [0.05, 0.1) is 6.10 Å². The fourth-order valence-electron chi connectivity index (χ4n) is 1.34. The van der Waals surface area contributed by atoms with E-state index in [1.165, 1.54) is 0 Å². The second kappa shape index (κ2) is 5.77. The molecule has 0 spiro atoms. The maximum absolute atomic E-state index is 8.60. The van der Waals surface area contributed by atoms with E-state index in [0.717, 1.165) is 19.4 Å². The Morgan fingerprint density at radius 3 is 2.82 bits per heavy atom. The molecule has 0 amide bonds. The highest BCUT2D eigenvalue weighted by atomic mass is 35.5. The number of hydrogen-bond donors (Lipinski definition) is 2. The second-order valence-electron chi connectivity index (χ2n) is 2.71. The number of aliphatic hydroxyl groups is 1. The molecule has 0 aromatic rings. The van der Waals surface area contributed by atoms with Crippen LogP contribution in [-0.4, -0.2) is 37.5 Å². The molecule has 1 heterocycles. The minimum Gasteiger partial charge on any atom is -0.396 e. The normalized spacial score (nSPS) is 30.0. The molecule has 0 bridgehead atoms. The lowest BCUT2D eigenvalue weighted by Gasteiger charge is -2.06. The van der Waals surface area contributed by atoms with Crippen molar-refractivity contribution in [2.75, 3.05) is 20.3 Å². The molecule has 1 rings (SSSR count). The van der Waals surface area contributed by atoms with E-state index < -0.39 is 0 Å². The molecule has 0 aromatic heterocycles. The summed E-state index contributed by atoms with van der Waals surface area (Å²) in [4.78, 5) is 0. The summed E-state index contributed by atoms with van der Waals surface area (Å²) in [7, 11) is 1.73. The number of ether oxygens (including phenoxy) is 1. The molecule has 2 N–H and O–H groups in total. The Labute approximate surface area is 73.5 Å². The third kappa shape index (κ3) is 3.38. The van der Waals surface area contributed by atoms with E-state index in [2.05, 4.69) is 5.32 Å². The molecule has 0 aromatic carbocycles. The molecule has 1 saturated heterocycles. The molecule has 4 heteroatoms. The minimum atomic E-state index is 0. The molecule has 1 aliphatic rings. The lowest BCUT2D eigenvalue weighted by Crippen LogP contribution is -2.22. The van der Waals surface area contributed by atoms with Gasteiger partial charge in [0.25, 0.3) is 0 Å². The van der Waals surface area contributed by atoms with Gasteiger partial charge in [-0.15, -0.1) is 12.4 Å². The Morgan fingerprint density at radius 2 is 2.36 bits per heavy atom. The molecule has 0 aliphatic carbocycles. The smallest absolute Gasteiger partial charge is 0.0710 e. The Balaban J connectivity index is 0.000001000. The molecule has 0 radical (unpaired) electrons. The maximum Gasteiger partial charge on any atom is 0.0710 e. The van der Waals surface area contributed by atoms with E-state index in [0.29, 0.717) is 12.1 Å². The highest BCUT2D eigenvalue weighted by Gasteiger charge is 2.22. The van der Waals surface area contributed by atoms with Crippen molar-refractivity contribution in [2.24, 2.45) is 0 Å². The number of nitrogens with one attached hydrogen (secondary N) is 1. The predicted molar refractivity (Wildman–Crippen MR) is 46.2 cm³/mol. The van der Waals surface area contributed by atoms with Crippen molar-refractivity contribution >= 4 is 12.4 Å². The first kappa shape index (κ1) is 11.2. The number of aliphatic hydroxyl groups excluding tert-OH is 1. The van der Waals surface area contributed by atoms with Crippen LogP contribution < -0.4 is 5.32 Å². The molecule has 1 fully saturated rings. The van der Waals surface area contributed by atoms with Gasteiger partial charge in [-0.3, -0.25) is 0 Å². The van der Waals surface area contributed by atoms with E-state index in [4.69, 9.17) is 9.84 Å². The summed E-state index contributed by atoms with van der Waals surface area (Å²) in [6.07, 6.45) is 2.24. The lowest BCUT2D eigenvalue weighted by molar-refractivity contribution is 0.116. The summed E-state index contributed by atoms with van der Waals surface area (Å²) in [5, 5.41) is 11.9. The Morgan fingerprint density at radius 1 is 1.64 bits per heavy atom. The standard InChI is InChI=1S/C7H15NO2.ClH/c1-10-7-4-6(2-3-9)8-5-7;/h6-9H,2-5H2,1H3;1H/t6-,7+;/m1./s1. The van der Waals surface area contributed by atoms with Crippen LogP contribution in [0.2, 0.25) is 0 Å². The third-order valence-electron chi connectivity index (χ3n) is 1.99. The van der Waals surface area contributed by atoms with Crippen LogP contribution in [0.4, 0.5) is 0 Å². The van der Waals surface area contributed by atoms with E-state index in [9.17, 15) is 0 Å². The van der Waals surface area contributed by atoms with E-state index in [-0.39, 0.29) is 19.0 Å². The molecule has 2 atom stereocenters. The van der Waals surface area contributed by atoms with E-state index in [1.807, 2.05) is 0 Å². The van der Waals surface area contributed by atoms with Crippen molar-refractivity contribution in [3.63, 3.8) is 0 Å². The van der Waals surface area contributed by atoms with Crippen molar-refractivity contribution in [1.82, 2.24) is 5.32 Å². The molecular weight excluding hydrogens is 166 g/mol. The molecule has 68 valence electrons. The zero-order valence-electron chi connectivity index (χ0n) is 6.75. The number of hydrogen-bond acceptors (Lipinski definition) is 3. The summed E-state index contributed by atoms with van der Waals surface area (Å²) < 4.78 is 5.14. The lowest BCUT2D eigenvalue weighted by atomic mass is 10.1. The third-order valence-corrected chi connectivity index (χ3v) is 1.99. The van der Waals surface area contributed by atoms with Gasteiger partial charge in [0.15, 0.2) is 0 Å². The van der Waals surface area contributed by atoms with Crippen LogP contribution in [0.15, 0.2) is 0 Å². The maximum atomic E-state index is 8.60. The monoisotopic (exact) mass is 181 g/mol. The van der Waals surface area contributed by atoms with Crippen LogP contribution in [0.5, 0.6) is 0 Å². The molecular formula is C7H16ClNO2. The van der Waals surface area contributed by atoms with Gasteiger partial charge in [0.1, 0.15) is 0 Å². The fourth-order valence-corrected chi connectivity index (χ4v) is 1.34. The highest BCUT2D eigenvalue weighted by Crippen LogP contribution is 2.11. The predicted octanol–water partition coefficient (Wildman–Crippen LogP) is 0.168. The minimum absolute atomic E-state index is 0. The molecule has 11 heavy (non-hydrogen) atoms. The van der Waals surface area contributed by atoms with E-state index in [1.54, 1.807) is 7.11 Å². The van der Waals surface area contributed by atoms with Gasteiger partial charge in [-0.1, -0.05) is 0 Å². The van der Waals surface area contributed by atoms with Gasteiger partial charge in [-0.2, -0.15) is 0 Å². The zero-order chi connectivity index (χ0) is 7.40. The van der Waals surface area contributed by atoms with Crippen molar-refractivity contribution in [3.8, 4) is 0 Å². The van der Waals surface area contributed by atoms with Crippen LogP contribution >= 0.6 is 12.4 Å². The SMILES string of the molecule is CO[C@@H]1CN[C@H](CCO)C1.Cl. The number of methoxy groups -OCH3 is 1. The molecule has 0 unspecified atom stereocenters. The van der Waals surface area contributed by atoms with Gasteiger partial charge in [0, 0.05) is 26.3 Å². The first-order valence-electron chi connectivity index (χ1n) is 3.74. The van der Waals surface area contributed by atoms with Gasteiger partial charge >= 0.3 is 0 Å². The number of halogens is 1. The Hall–Kier alpha value is 0.170. The summed E-state index contributed by atoms with van der Waals surface area (Å²) in [6.45, 7) is 1.20. The first-order valence-corrected chi connectivity index (χ1v) is 3.74. The quantitative estimate of drug-likeness (QED) is 0.652. The Kier molecular flexibility index (Phi) is 5.86. The fraction of sp³-hybridized carbons (Fsp3) is 1.00. The van der Waals surface area contributed by atoms with Gasteiger partial charge < -0.3 is 15.2 Å². The topological polar surface area (TPSA) is 41.5 Å². The number of rotatable bonds is 3. The summed E-state index contributed by atoms with van der Waals surface area (Å²) in [5.41, 5.74) is 0. The largest absolute Gasteiger partial charge is 0.396 e. The first-order chi connectivity index (χ1) is 4.86. The van der Waals surface area contributed by atoms with Crippen LogP contribution in [0.1, 0.15) is 12.8 Å². The second-order valence-corrected chi connectivity index (χ2v) is 2.71. The van der Waals surface area contributed by atoms with Crippen molar-refractivity contribution in [2.45, 2.75) is 25.0 Å². The molecule has 0 saturated carbocycles.